The van der Waals surface area contributed by atoms with Gasteiger partial charge in [0, 0.05) is 36.0 Å². The predicted molar refractivity (Wildman–Crippen MR) is 102 cm³/mol. The van der Waals surface area contributed by atoms with E-state index >= 15 is 0 Å². The van der Waals surface area contributed by atoms with Gasteiger partial charge < -0.3 is 5.11 Å². The Bertz CT molecular complexity index is 1020. The molecule has 3 aromatic rings. The number of benzene rings is 2. The lowest BCUT2D eigenvalue weighted by molar-refractivity contribution is -0.143. The molecule has 1 aliphatic rings. The minimum atomic E-state index is -0.840. The lowest BCUT2D eigenvalue weighted by Crippen LogP contribution is -2.41. The number of fused-ring (bicyclic) bond motifs is 1. The molecule has 0 saturated carbocycles. The molecule has 4 nitrogen and oxygen atoms in total. The third-order valence-electron chi connectivity index (χ3n) is 5.40. The first-order valence-electron chi connectivity index (χ1n) is 9.28. The van der Waals surface area contributed by atoms with E-state index in [4.69, 9.17) is 0 Å². The molecule has 2 heterocycles. The first kappa shape index (κ1) is 18.5. The van der Waals surface area contributed by atoms with E-state index in [1.807, 2.05) is 29.2 Å². The molecule has 0 bridgehead atoms. The number of carboxylic acid groups (broad SMARTS) is 1. The van der Waals surface area contributed by atoms with Crippen molar-refractivity contribution in [2.24, 2.45) is 5.92 Å². The molecule has 1 aliphatic heterocycles. The second-order valence-corrected chi connectivity index (χ2v) is 7.22. The average Bonchev–Trinajstić information content (AvgIpc) is 2.70. The van der Waals surface area contributed by atoms with Crippen molar-refractivity contribution in [2.75, 3.05) is 13.1 Å². The number of piperidine rings is 1. The van der Waals surface area contributed by atoms with Crippen LogP contribution in [0.5, 0.6) is 0 Å². The molecule has 0 amide bonds. The summed E-state index contributed by atoms with van der Waals surface area (Å²) in [4.78, 5) is 17.6. The highest BCUT2D eigenvalue weighted by atomic mass is 19.1. The molecular weight excluding hydrogens is 362 g/mol. The summed E-state index contributed by atoms with van der Waals surface area (Å²) >= 11 is 0. The van der Waals surface area contributed by atoms with Crippen molar-refractivity contribution in [1.29, 1.82) is 0 Å². The van der Waals surface area contributed by atoms with Gasteiger partial charge in [0.25, 0.3) is 0 Å². The van der Waals surface area contributed by atoms with Gasteiger partial charge in [-0.2, -0.15) is 0 Å². The van der Waals surface area contributed by atoms with Crippen LogP contribution >= 0.6 is 0 Å². The van der Waals surface area contributed by atoms with Crippen LogP contribution in [-0.4, -0.2) is 34.0 Å². The largest absolute Gasteiger partial charge is 0.481 e. The standard InChI is InChI=1S/C22H20F2N2O2/c23-18-5-6-19(20(24)11-18)21(26-9-1-2-17(13-26)22(27)28)15-3-4-16-12-25-8-7-14(16)10-15/h3-8,10-12,17,21H,1-2,9,13H2,(H,27,28). The molecule has 6 heteroatoms. The smallest absolute Gasteiger partial charge is 0.307 e. The molecule has 1 aromatic heterocycles. The van der Waals surface area contributed by atoms with E-state index < -0.39 is 29.6 Å². The van der Waals surface area contributed by atoms with Crippen LogP contribution in [0.2, 0.25) is 0 Å². The van der Waals surface area contributed by atoms with Crippen molar-refractivity contribution < 1.29 is 18.7 Å². The Morgan fingerprint density at radius 2 is 2.00 bits per heavy atom. The predicted octanol–water partition coefficient (Wildman–Crippen LogP) is 4.40. The van der Waals surface area contributed by atoms with Gasteiger partial charge in [-0.3, -0.25) is 14.7 Å². The highest BCUT2D eigenvalue weighted by molar-refractivity contribution is 5.82. The Balaban J connectivity index is 1.81. The zero-order chi connectivity index (χ0) is 19.7. The maximum atomic E-state index is 14.7. The maximum absolute atomic E-state index is 14.7. The van der Waals surface area contributed by atoms with Crippen molar-refractivity contribution >= 4 is 16.7 Å². The number of aromatic nitrogens is 1. The molecule has 0 radical (unpaired) electrons. The number of hydrogen-bond acceptors (Lipinski definition) is 3. The molecular formula is C22H20F2N2O2. The normalized spacial score (nSPS) is 18.9. The van der Waals surface area contributed by atoms with Gasteiger partial charge in [0.1, 0.15) is 11.6 Å². The van der Waals surface area contributed by atoms with Crippen LogP contribution in [0.1, 0.15) is 30.0 Å². The lowest BCUT2D eigenvalue weighted by Gasteiger charge is -2.37. The quantitative estimate of drug-likeness (QED) is 0.727. The Morgan fingerprint density at radius 1 is 1.14 bits per heavy atom. The van der Waals surface area contributed by atoms with E-state index in [9.17, 15) is 18.7 Å². The molecule has 2 atom stereocenters. The number of hydrogen-bond donors (Lipinski definition) is 1. The Morgan fingerprint density at radius 3 is 2.79 bits per heavy atom. The number of carbonyl (C=O) groups is 1. The van der Waals surface area contributed by atoms with Crippen molar-refractivity contribution in [3.63, 3.8) is 0 Å². The summed E-state index contributed by atoms with van der Waals surface area (Å²) in [5, 5.41) is 11.4. The van der Waals surface area contributed by atoms with Crippen LogP contribution < -0.4 is 0 Å². The molecule has 144 valence electrons. The molecule has 4 rings (SSSR count). The van der Waals surface area contributed by atoms with Gasteiger partial charge in [0.05, 0.1) is 12.0 Å². The summed E-state index contributed by atoms with van der Waals surface area (Å²) in [6.07, 6.45) is 4.77. The van der Waals surface area contributed by atoms with Gasteiger partial charge in [-0.25, -0.2) is 8.78 Å². The Labute approximate surface area is 161 Å². The fourth-order valence-corrected chi connectivity index (χ4v) is 4.02. The number of rotatable bonds is 4. The van der Waals surface area contributed by atoms with Crippen molar-refractivity contribution in [3.8, 4) is 0 Å². The number of likely N-dealkylation sites (tertiary alicyclic amines) is 1. The van der Waals surface area contributed by atoms with E-state index in [2.05, 4.69) is 4.98 Å². The highest BCUT2D eigenvalue weighted by Crippen LogP contribution is 2.35. The molecule has 1 fully saturated rings. The van der Waals surface area contributed by atoms with Crippen LogP contribution in [0.15, 0.2) is 54.9 Å². The van der Waals surface area contributed by atoms with Gasteiger partial charge in [-0.15, -0.1) is 0 Å². The molecule has 2 aromatic carbocycles. The van der Waals surface area contributed by atoms with Crippen LogP contribution in [0, 0.1) is 17.6 Å². The number of nitrogens with zero attached hydrogens (tertiary/aromatic N) is 2. The maximum Gasteiger partial charge on any atom is 0.307 e. The second kappa shape index (κ2) is 7.64. The lowest BCUT2D eigenvalue weighted by atomic mass is 9.90. The topological polar surface area (TPSA) is 53.4 Å². The van der Waals surface area contributed by atoms with Gasteiger partial charge in [-0.1, -0.05) is 18.2 Å². The first-order valence-corrected chi connectivity index (χ1v) is 9.28. The second-order valence-electron chi connectivity index (χ2n) is 7.22. The molecule has 1 N–H and O–H groups in total. The van der Waals surface area contributed by atoms with Gasteiger partial charge >= 0.3 is 5.97 Å². The number of aliphatic carboxylic acids is 1. The molecule has 28 heavy (non-hydrogen) atoms. The van der Waals surface area contributed by atoms with E-state index in [1.54, 1.807) is 12.4 Å². The SMILES string of the molecule is O=C(O)C1CCCN(C(c2ccc3cnccc3c2)c2ccc(F)cc2F)C1. The zero-order valence-corrected chi connectivity index (χ0v) is 15.2. The number of pyridine rings is 1. The first-order chi connectivity index (χ1) is 13.5. The van der Waals surface area contributed by atoms with E-state index in [-0.39, 0.29) is 0 Å². The van der Waals surface area contributed by atoms with Gasteiger partial charge in [-0.05, 0) is 48.5 Å². The third-order valence-corrected chi connectivity index (χ3v) is 5.40. The van der Waals surface area contributed by atoms with E-state index in [0.29, 0.717) is 31.5 Å². The van der Waals surface area contributed by atoms with Crippen molar-refractivity contribution in [3.05, 3.63) is 77.6 Å². The summed E-state index contributed by atoms with van der Waals surface area (Å²) in [5.41, 5.74) is 1.19. The fraction of sp³-hybridized carbons (Fsp3) is 0.273. The van der Waals surface area contributed by atoms with Crippen LogP contribution in [0.3, 0.4) is 0 Å². The van der Waals surface area contributed by atoms with Gasteiger partial charge in [0.2, 0.25) is 0 Å². The minimum Gasteiger partial charge on any atom is -0.481 e. The van der Waals surface area contributed by atoms with Crippen LogP contribution in [0.25, 0.3) is 10.8 Å². The Hall–Kier alpha value is -2.86. The zero-order valence-electron chi connectivity index (χ0n) is 15.2. The monoisotopic (exact) mass is 382 g/mol. The Kier molecular flexibility index (Phi) is 5.05. The molecule has 0 aliphatic carbocycles. The summed E-state index contributed by atoms with van der Waals surface area (Å²) in [5.74, 6) is -2.60. The summed E-state index contributed by atoms with van der Waals surface area (Å²) in [6, 6.07) is 10.8. The highest BCUT2D eigenvalue weighted by Gasteiger charge is 2.32. The fourth-order valence-electron chi connectivity index (χ4n) is 4.02. The molecule has 1 saturated heterocycles. The summed E-state index contributed by atoms with van der Waals surface area (Å²) in [7, 11) is 0. The number of carboxylic acids is 1. The van der Waals surface area contributed by atoms with Crippen molar-refractivity contribution in [2.45, 2.75) is 18.9 Å². The summed E-state index contributed by atoms with van der Waals surface area (Å²) in [6.45, 7) is 0.977. The van der Waals surface area contributed by atoms with Crippen molar-refractivity contribution in [1.82, 2.24) is 9.88 Å². The molecule has 2 unspecified atom stereocenters. The minimum absolute atomic E-state index is 0.325. The van der Waals surface area contributed by atoms with Crippen LogP contribution in [0.4, 0.5) is 8.78 Å². The van der Waals surface area contributed by atoms with E-state index in [0.717, 1.165) is 22.4 Å². The van der Waals surface area contributed by atoms with E-state index in [1.165, 1.54) is 12.1 Å². The third kappa shape index (κ3) is 3.60. The molecule has 0 spiro atoms. The van der Waals surface area contributed by atoms with Crippen LogP contribution in [-0.2, 0) is 4.79 Å². The number of halogens is 2. The average molecular weight is 382 g/mol. The van der Waals surface area contributed by atoms with Gasteiger partial charge in [0.15, 0.2) is 0 Å². The summed E-state index contributed by atoms with van der Waals surface area (Å²) < 4.78 is 28.2.